The van der Waals surface area contributed by atoms with Gasteiger partial charge in [0, 0.05) is 21.9 Å². The van der Waals surface area contributed by atoms with E-state index in [9.17, 15) is 0 Å². The predicted molar refractivity (Wildman–Crippen MR) is 349 cm³/mol. The Balaban J connectivity index is 0.729. The molecule has 0 amide bonds. The summed E-state index contributed by atoms with van der Waals surface area (Å²) in [5, 5.41) is 10.1. The lowest BCUT2D eigenvalue weighted by molar-refractivity contribution is 0.468. The molecule has 1 heterocycles. The van der Waals surface area contributed by atoms with Crippen LogP contribution < -0.4 is 0 Å². The van der Waals surface area contributed by atoms with E-state index in [1.165, 1.54) is 143 Å². The SMILES string of the molecule is C1=CC2=C(c3ccc(-c4ccc(-c5ccc6c(c5)c5cc(-c7ccc(-c8ccc(-c9cc%10ccccc%10c%10ccccc9%10)cc8)cc7)ccc5n6-c5ccc(-c6ccc7ccccc7c6)cc5)cc4)cc3)C=C3/C=C\C=C/CC2(C=C1)C3. The van der Waals surface area contributed by atoms with Gasteiger partial charge in [-0.3, -0.25) is 0 Å². The smallest absolute Gasteiger partial charge is 0.0541 e. The molecule has 16 rings (SSSR count). The molecule has 0 saturated carbocycles. The van der Waals surface area contributed by atoms with Crippen molar-refractivity contribution in [3.8, 4) is 72.4 Å². The molecule has 1 atom stereocenters. The van der Waals surface area contributed by atoms with Gasteiger partial charge >= 0.3 is 0 Å². The summed E-state index contributed by atoms with van der Waals surface area (Å²) in [5.74, 6) is 0. The molecule has 1 nitrogen and oxygen atoms in total. The third kappa shape index (κ3) is 8.24. The maximum absolute atomic E-state index is 2.44. The van der Waals surface area contributed by atoms with Gasteiger partial charge in [-0.2, -0.15) is 0 Å². The van der Waals surface area contributed by atoms with Gasteiger partial charge in [-0.1, -0.05) is 261 Å². The minimum atomic E-state index is 0.00745. The topological polar surface area (TPSA) is 4.93 Å². The second-order valence-electron chi connectivity index (χ2n) is 22.5. The molecule has 0 saturated heterocycles. The predicted octanol–water partition coefficient (Wildman–Crippen LogP) is 22.0. The Labute approximate surface area is 478 Å². The zero-order valence-corrected chi connectivity index (χ0v) is 45.3. The Hall–Kier alpha value is -10.3. The Bertz CT molecular complexity index is 4900. The van der Waals surface area contributed by atoms with E-state index in [2.05, 4.69) is 314 Å². The molecular weight excluding hydrogens is 987 g/mol. The van der Waals surface area contributed by atoms with Crippen molar-refractivity contribution in [3.63, 3.8) is 0 Å². The van der Waals surface area contributed by atoms with Crippen LogP contribution in [0.15, 0.2) is 321 Å². The van der Waals surface area contributed by atoms with Gasteiger partial charge in [0.25, 0.3) is 0 Å². The van der Waals surface area contributed by atoms with Crippen LogP contribution in [-0.2, 0) is 0 Å². The zero-order chi connectivity index (χ0) is 54.1. The monoisotopic (exact) mass is 1040 g/mol. The number of hydrogen-bond acceptors (Lipinski definition) is 0. The van der Waals surface area contributed by atoms with E-state index in [0.717, 1.165) is 18.5 Å². The van der Waals surface area contributed by atoms with Crippen LogP contribution >= 0.6 is 0 Å². The standard InChI is InChI=1S/C81H55N/c1-2-12-54-48-75(78-19-9-11-47-81(78,53-54)46-10-1)64-35-30-59(31-36-64)57-22-26-61(27-23-57)68-41-45-80-77(51-68)76-50-67(40-44-79(76)82(80)70-42-38-62(39-43-70)66-37-32-55-13-3-4-14-65(55)49-66)60-24-20-56(21-25-60)58-28-33-63(34-29-58)74-52-69-15-5-6-16-71(69)72-17-7-8-18-73(72)74/h1-45,47-52H,46,53H2/b10-1-,12-2-. The fourth-order valence-electron chi connectivity index (χ4n) is 13.5. The Morgan fingerprint density at radius 3 is 1.43 bits per heavy atom. The summed E-state index contributed by atoms with van der Waals surface area (Å²) in [7, 11) is 0. The van der Waals surface area contributed by atoms with Crippen LogP contribution in [0, 0.1) is 5.41 Å². The van der Waals surface area contributed by atoms with Gasteiger partial charge in [0.15, 0.2) is 0 Å². The van der Waals surface area contributed by atoms with Crippen LogP contribution in [0.2, 0.25) is 0 Å². The second-order valence-corrected chi connectivity index (χ2v) is 22.5. The minimum absolute atomic E-state index is 0.00745. The molecular formula is C81H55N. The molecule has 82 heavy (non-hydrogen) atoms. The van der Waals surface area contributed by atoms with Crippen molar-refractivity contribution in [2.75, 3.05) is 0 Å². The maximum Gasteiger partial charge on any atom is 0.0541 e. The van der Waals surface area contributed by atoms with E-state index in [1.807, 2.05) is 0 Å². The van der Waals surface area contributed by atoms with Gasteiger partial charge in [0.1, 0.15) is 0 Å². The highest BCUT2D eigenvalue weighted by molar-refractivity contribution is 6.14. The molecule has 384 valence electrons. The van der Waals surface area contributed by atoms with Crippen LogP contribution in [0.3, 0.4) is 0 Å². The van der Waals surface area contributed by atoms with Crippen molar-refractivity contribution in [1.82, 2.24) is 4.57 Å². The molecule has 12 aromatic carbocycles. The third-order valence-electron chi connectivity index (χ3n) is 17.7. The molecule has 13 aromatic rings. The van der Waals surface area contributed by atoms with Crippen molar-refractivity contribution in [3.05, 3.63) is 326 Å². The first kappa shape index (κ1) is 47.6. The molecule has 1 spiro atoms. The van der Waals surface area contributed by atoms with E-state index in [4.69, 9.17) is 0 Å². The number of hydrogen-bond donors (Lipinski definition) is 0. The molecule has 2 bridgehead atoms. The summed E-state index contributed by atoms with van der Waals surface area (Å²) >= 11 is 0. The zero-order valence-electron chi connectivity index (χ0n) is 45.3. The normalized spacial score (nSPS) is 16.4. The Kier molecular flexibility index (Phi) is 11.3. The van der Waals surface area contributed by atoms with Crippen molar-refractivity contribution in [2.45, 2.75) is 12.8 Å². The largest absolute Gasteiger partial charge is 0.309 e. The lowest BCUT2D eigenvalue weighted by Crippen LogP contribution is -2.25. The van der Waals surface area contributed by atoms with Crippen LogP contribution in [0.25, 0.3) is 132 Å². The minimum Gasteiger partial charge on any atom is -0.309 e. The first-order chi connectivity index (χ1) is 40.6. The van der Waals surface area contributed by atoms with Gasteiger partial charge in [0.2, 0.25) is 0 Å². The second kappa shape index (κ2) is 19.5. The molecule has 0 radical (unpaired) electrons. The number of allylic oxidation sites excluding steroid dienone is 12. The fraction of sp³-hybridized carbons (Fsp3) is 0.0370. The maximum atomic E-state index is 2.44. The van der Waals surface area contributed by atoms with E-state index < -0.39 is 0 Å². The fourth-order valence-corrected chi connectivity index (χ4v) is 13.5. The van der Waals surface area contributed by atoms with Crippen molar-refractivity contribution >= 4 is 59.7 Å². The lowest BCUT2D eigenvalue weighted by atomic mass is 9.65. The third-order valence-corrected chi connectivity index (χ3v) is 17.7. The Morgan fingerprint density at radius 2 is 0.793 bits per heavy atom. The number of benzene rings is 12. The van der Waals surface area contributed by atoms with Gasteiger partial charge in [-0.05, 0) is 183 Å². The first-order valence-electron chi connectivity index (χ1n) is 28.7. The number of nitrogens with zero attached hydrogens (tertiary/aromatic N) is 1. The molecule has 1 unspecified atom stereocenters. The summed E-state index contributed by atoms with van der Waals surface area (Å²) in [4.78, 5) is 0. The van der Waals surface area contributed by atoms with Crippen molar-refractivity contribution in [1.29, 1.82) is 0 Å². The van der Waals surface area contributed by atoms with Gasteiger partial charge in [-0.25, -0.2) is 0 Å². The van der Waals surface area contributed by atoms with E-state index in [-0.39, 0.29) is 5.41 Å². The first-order valence-corrected chi connectivity index (χ1v) is 28.7. The highest BCUT2D eigenvalue weighted by Crippen LogP contribution is 2.51. The summed E-state index contributed by atoms with van der Waals surface area (Å²) in [6.07, 6.45) is 22.6. The number of fused-ring (bicyclic) bond motifs is 8. The highest BCUT2D eigenvalue weighted by atomic mass is 15.0. The number of rotatable bonds is 8. The summed E-state index contributed by atoms with van der Waals surface area (Å²) < 4.78 is 2.44. The van der Waals surface area contributed by atoms with E-state index in [0.29, 0.717) is 0 Å². The Morgan fingerprint density at radius 1 is 0.317 bits per heavy atom. The van der Waals surface area contributed by atoms with Crippen LogP contribution in [-0.4, -0.2) is 4.57 Å². The molecule has 1 heteroatoms. The number of aromatic nitrogens is 1. The molecule has 0 fully saturated rings. The lowest BCUT2D eigenvalue weighted by Gasteiger charge is -2.39. The van der Waals surface area contributed by atoms with E-state index in [1.54, 1.807) is 0 Å². The van der Waals surface area contributed by atoms with Crippen LogP contribution in [0.5, 0.6) is 0 Å². The molecule has 0 aliphatic heterocycles. The van der Waals surface area contributed by atoms with Crippen molar-refractivity contribution < 1.29 is 0 Å². The molecule has 1 aromatic heterocycles. The average molecular weight is 1040 g/mol. The van der Waals surface area contributed by atoms with Crippen LogP contribution in [0.4, 0.5) is 0 Å². The summed E-state index contributed by atoms with van der Waals surface area (Å²) in [6, 6.07) is 94.8. The molecule has 3 aliphatic carbocycles. The summed E-state index contributed by atoms with van der Waals surface area (Å²) in [6.45, 7) is 0. The van der Waals surface area contributed by atoms with Crippen molar-refractivity contribution in [2.24, 2.45) is 5.41 Å². The molecule has 3 aliphatic rings. The van der Waals surface area contributed by atoms with Gasteiger partial charge in [0.05, 0.1) is 11.0 Å². The van der Waals surface area contributed by atoms with Crippen LogP contribution in [0.1, 0.15) is 18.4 Å². The molecule has 0 N–H and O–H groups in total. The average Bonchev–Trinajstić information content (AvgIpc) is 3.88. The summed E-state index contributed by atoms with van der Waals surface area (Å²) in [5.41, 5.74) is 23.4. The van der Waals surface area contributed by atoms with Gasteiger partial charge in [-0.15, -0.1) is 0 Å². The quantitative estimate of drug-likeness (QED) is 0.134. The van der Waals surface area contributed by atoms with Gasteiger partial charge < -0.3 is 4.57 Å². The van der Waals surface area contributed by atoms with E-state index >= 15 is 0 Å². The highest BCUT2D eigenvalue weighted by Gasteiger charge is 2.36.